The number of benzene rings is 2. The number of nitrogens with one attached hydrogen (secondary N) is 1. The molecule has 0 saturated carbocycles. The summed E-state index contributed by atoms with van der Waals surface area (Å²) >= 11 is 0. The second-order valence-electron chi connectivity index (χ2n) is 8.09. The Morgan fingerprint density at radius 2 is 1.61 bits per heavy atom. The number of amides is 1. The molecule has 3 rings (SSSR count). The van der Waals surface area contributed by atoms with Crippen molar-refractivity contribution in [2.24, 2.45) is 7.05 Å². The van der Waals surface area contributed by atoms with E-state index in [1.165, 1.54) is 40.2 Å². The predicted octanol–water partition coefficient (Wildman–Crippen LogP) is 2.70. The number of carbonyl (C=O) groups excluding carboxylic acids is 2. The molecule has 11 heteroatoms. The summed E-state index contributed by atoms with van der Waals surface area (Å²) in [6.07, 6.45) is -1.21. The quantitative estimate of drug-likeness (QED) is 0.439. The van der Waals surface area contributed by atoms with Gasteiger partial charge < -0.3 is 10.1 Å². The van der Waals surface area contributed by atoms with Crippen molar-refractivity contribution in [2.45, 2.75) is 38.7 Å². The Hall–Kier alpha value is -3.70. The van der Waals surface area contributed by atoms with Gasteiger partial charge in [-0.2, -0.15) is 4.31 Å². The first-order chi connectivity index (χ1) is 17.0. The molecule has 0 aliphatic carbocycles. The van der Waals surface area contributed by atoms with Gasteiger partial charge in [0.05, 0.1) is 21.8 Å². The summed E-state index contributed by atoms with van der Waals surface area (Å²) in [5.41, 5.74) is 0.925. The van der Waals surface area contributed by atoms with Crippen LogP contribution in [0.5, 0.6) is 0 Å². The van der Waals surface area contributed by atoms with Gasteiger partial charge in [-0.25, -0.2) is 17.9 Å². The van der Waals surface area contributed by atoms with Crippen LogP contribution >= 0.6 is 0 Å². The molecule has 2 aromatic carbocycles. The van der Waals surface area contributed by atoms with Crippen molar-refractivity contribution >= 4 is 27.6 Å². The molecule has 0 spiro atoms. The standard InChI is InChI=1S/C25H30N4O6S/c1-6-28(7-2)36(33,34)21-15-13-19(14-16-21)25(32)35-18(4)23(30)26-22-17(3)27(5)29(24(22)31)20-11-9-8-10-12-20/h8-16,18H,6-7H2,1-5H3,(H,26,30)/t18-/m0/s1. The Labute approximate surface area is 210 Å². The van der Waals surface area contributed by atoms with Gasteiger partial charge in [-0.15, -0.1) is 0 Å². The van der Waals surface area contributed by atoms with E-state index < -0.39 is 33.6 Å². The van der Waals surface area contributed by atoms with E-state index in [4.69, 9.17) is 4.74 Å². The number of ether oxygens (including phenoxy) is 1. The lowest BCUT2D eigenvalue weighted by molar-refractivity contribution is -0.123. The third-order valence-electron chi connectivity index (χ3n) is 5.89. The highest BCUT2D eigenvalue weighted by atomic mass is 32.2. The highest BCUT2D eigenvalue weighted by Crippen LogP contribution is 2.18. The number of hydrogen-bond donors (Lipinski definition) is 1. The van der Waals surface area contributed by atoms with Crippen molar-refractivity contribution in [3.05, 3.63) is 76.2 Å². The zero-order chi connectivity index (χ0) is 26.6. The second-order valence-corrected chi connectivity index (χ2v) is 10.0. The van der Waals surface area contributed by atoms with Gasteiger partial charge >= 0.3 is 5.97 Å². The van der Waals surface area contributed by atoms with E-state index in [0.29, 0.717) is 24.5 Å². The van der Waals surface area contributed by atoms with Gasteiger partial charge in [0.1, 0.15) is 5.69 Å². The fraction of sp³-hybridized carbons (Fsp3) is 0.320. The molecule has 1 N–H and O–H groups in total. The number of rotatable bonds is 9. The topological polar surface area (TPSA) is 120 Å². The van der Waals surface area contributed by atoms with E-state index >= 15 is 0 Å². The molecule has 10 nitrogen and oxygen atoms in total. The molecule has 36 heavy (non-hydrogen) atoms. The van der Waals surface area contributed by atoms with Crippen molar-refractivity contribution in [3.63, 3.8) is 0 Å². The molecule has 3 aromatic rings. The van der Waals surface area contributed by atoms with E-state index in [-0.39, 0.29) is 16.1 Å². The van der Waals surface area contributed by atoms with Crippen LogP contribution in [0.4, 0.5) is 5.69 Å². The van der Waals surface area contributed by atoms with Gasteiger partial charge in [0, 0.05) is 20.1 Å². The minimum atomic E-state index is -3.66. The Kier molecular flexibility index (Phi) is 8.16. The first-order valence-electron chi connectivity index (χ1n) is 11.5. The molecule has 0 fully saturated rings. The summed E-state index contributed by atoms with van der Waals surface area (Å²) in [5.74, 6) is -1.47. The van der Waals surface area contributed by atoms with Crippen molar-refractivity contribution in [3.8, 4) is 5.69 Å². The Bertz CT molecular complexity index is 1410. The van der Waals surface area contributed by atoms with Crippen molar-refractivity contribution in [2.75, 3.05) is 18.4 Å². The maximum atomic E-state index is 13.0. The highest BCUT2D eigenvalue weighted by Gasteiger charge is 2.25. The van der Waals surface area contributed by atoms with Crippen molar-refractivity contribution < 1.29 is 22.7 Å². The summed E-state index contributed by atoms with van der Waals surface area (Å²) < 4.78 is 34.8. The fourth-order valence-electron chi connectivity index (χ4n) is 3.69. The Morgan fingerprint density at radius 3 is 2.17 bits per heavy atom. The zero-order valence-electron chi connectivity index (χ0n) is 20.9. The van der Waals surface area contributed by atoms with E-state index in [2.05, 4.69) is 5.32 Å². The third kappa shape index (κ3) is 5.26. The molecule has 0 bridgehead atoms. The van der Waals surface area contributed by atoms with E-state index in [1.54, 1.807) is 56.8 Å². The molecule has 0 aliphatic rings. The number of aromatic nitrogens is 2. The first-order valence-corrected chi connectivity index (χ1v) is 12.9. The highest BCUT2D eigenvalue weighted by molar-refractivity contribution is 7.89. The van der Waals surface area contributed by atoms with Crippen molar-refractivity contribution in [1.29, 1.82) is 0 Å². The average Bonchev–Trinajstić information content (AvgIpc) is 3.08. The number of esters is 1. The number of carbonyl (C=O) groups is 2. The molecule has 0 unspecified atom stereocenters. The summed E-state index contributed by atoms with van der Waals surface area (Å²) in [5, 5.41) is 2.57. The lowest BCUT2D eigenvalue weighted by Gasteiger charge is -2.18. The van der Waals surface area contributed by atoms with Crippen LogP contribution in [0.1, 0.15) is 36.8 Å². The molecule has 1 aromatic heterocycles. The number of para-hydroxylation sites is 1. The maximum Gasteiger partial charge on any atom is 0.338 e. The first kappa shape index (κ1) is 26.9. The van der Waals surface area contributed by atoms with Gasteiger partial charge in [0.15, 0.2) is 6.10 Å². The fourth-order valence-corrected chi connectivity index (χ4v) is 5.15. The van der Waals surface area contributed by atoms with Gasteiger partial charge in [-0.05, 0) is 50.2 Å². The smallest absolute Gasteiger partial charge is 0.338 e. The van der Waals surface area contributed by atoms with Crippen LogP contribution in [0, 0.1) is 6.92 Å². The summed E-state index contributed by atoms with van der Waals surface area (Å²) in [6, 6.07) is 14.3. The average molecular weight is 515 g/mol. The molecule has 1 amide bonds. The van der Waals surface area contributed by atoms with Gasteiger partial charge in [-0.1, -0.05) is 32.0 Å². The SMILES string of the molecule is CCN(CC)S(=O)(=O)c1ccc(C(=O)O[C@@H](C)C(=O)Nc2c(C)n(C)n(-c3ccccc3)c2=O)cc1. The Morgan fingerprint density at radius 1 is 1.03 bits per heavy atom. The molecular formula is C25H30N4O6S. The van der Waals surface area contributed by atoms with Crippen LogP contribution in [0.2, 0.25) is 0 Å². The lowest BCUT2D eigenvalue weighted by atomic mass is 10.2. The predicted molar refractivity (Wildman–Crippen MR) is 136 cm³/mol. The second kappa shape index (κ2) is 10.9. The molecular weight excluding hydrogens is 484 g/mol. The normalized spacial score (nSPS) is 12.4. The van der Waals surface area contributed by atoms with E-state index in [1.807, 2.05) is 6.07 Å². The molecule has 0 aliphatic heterocycles. The van der Waals surface area contributed by atoms with Crippen LogP contribution in [-0.2, 0) is 26.6 Å². The number of nitrogens with zero attached hydrogens (tertiary/aromatic N) is 3. The van der Waals surface area contributed by atoms with Crippen molar-refractivity contribution in [1.82, 2.24) is 13.7 Å². The van der Waals surface area contributed by atoms with Gasteiger partial charge in [0.2, 0.25) is 10.0 Å². The Balaban J connectivity index is 1.72. The maximum absolute atomic E-state index is 13.0. The van der Waals surface area contributed by atoms with Gasteiger partial charge in [0.25, 0.3) is 11.5 Å². The zero-order valence-corrected chi connectivity index (χ0v) is 21.7. The van der Waals surface area contributed by atoms with Crippen LogP contribution in [0.3, 0.4) is 0 Å². The third-order valence-corrected chi connectivity index (χ3v) is 7.95. The number of sulfonamides is 1. The summed E-state index contributed by atoms with van der Waals surface area (Å²) in [6.45, 7) is 7.22. The molecule has 0 radical (unpaired) electrons. The number of anilines is 1. The lowest BCUT2D eigenvalue weighted by Crippen LogP contribution is -2.32. The summed E-state index contributed by atoms with van der Waals surface area (Å²) in [7, 11) is -1.96. The summed E-state index contributed by atoms with van der Waals surface area (Å²) in [4.78, 5) is 38.3. The monoisotopic (exact) mass is 514 g/mol. The van der Waals surface area contributed by atoms with Crippen LogP contribution in [0.25, 0.3) is 5.69 Å². The van der Waals surface area contributed by atoms with Crippen LogP contribution in [-0.4, -0.2) is 53.2 Å². The van der Waals surface area contributed by atoms with E-state index in [9.17, 15) is 22.8 Å². The van der Waals surface area contributed by atoms with Crippen LogP contribution in [0.15, 0.2) is 64.3 Å². The van der Waals surface area contributed by atoms with Gasteiger partial charge in [-0.3, -0.25) is 14.3 Å². The molecule has 0 saturated heterocycles. The van der Waals surface area contributed by atoms with E-state index in [0.717, 1.165) is 0 Å². The molecule has 1 heterocycles. The largest absolute Gasteiger partial charge is 0.449 e. The van der Waals surface area contributed by atoms with Crippen LogP contribution < -0.4 is 10.9 Å². The molecule has 1 atom stereocenters. The minimum absolute atomic E-state index is 0.0581. The minimum Gasteiger partial charge on any atom is -0.449 e. The number of hydrogen-bond acceptors (Lipinski definition) is 6. The molecule has 192 valence electrons.